The van der Waals surface area contributed by atoms with Crippen molar-refractivity contribution in [3.05, 3.63) is 0 Å². The standard InChI is InChI=1S/C11H23NO4/c1-3-8-16-9-4-11(14)12(5-7-13)6-10-15-2/h13H,3-10H2,1-2H3. The van der Waals surface area contributed by atoms with E-state index in [0.29, 0.717) is 39.3 Å². The Balaban J connectivity index is 3.77. The third-order valence-electron chi connectivity index (χ3n) is 2.10. The van der Waals surface area contributed by atoms with Gasteiger partial charge in [-0.2, -0.15) is 0 Å². The van der Waals surface area contributed by atoms with Gasteiger partial charge in [-0.3, -0.25) is 4.79 Å². The fourth-order valence-electron chi connectivity index (χ4n) is 1.25. The number of carbonyl (C=O) groups is 1. The predicted molar refractivity (Wildman–Crippen MR) is 61.3 cm³/mol. The number of ether oxygens (including phenoxy) is 2. The molecule has 0 saturated heterocycles. The Morgan fingerprint density at radius 1 is 1.25 bits per heavy atom. The van der Waals surface area contributed by atoms with Crippen molar-refractivity contribution in [3.8, 4) is 0 Å². The Bertz CT molecular complexity index is 175. The Morgan fingerprint density at radius 2 is 2.00 bits per heavy atom. The number of hydrogen-bond donors (Lipinski definition) is 1. The van der Waals surface area contributed by atoms with Crippen molar-refractivity contribution >= 4 is 5.91 Å². The molecule has 16 heavy (non-hydrogen) atoms. The molecule has 0 aromatic carbocycles. The number of hydrogen-bond acceptors (Lipinski definition) is 4. The molecule has 0 rings (SSSR count). The molecule has 0 radical (unpaired) electrons. The highest BCUT2D eigenvalue weighted by atomic mass is 16.5. The van der Waals surface area contributed by atoms with Crippen molar-refractivity contribution in [2.45, 2.75) is 19.8 Å². The lowest BCUT2D eigenvalue weighted by Crippen LogP contribution is -2.36. The second-order valence-corrected chi connectivity index (χ2v) is 3.46. The molecule has 0 aliphatic carbocycles. The van der Waals surface area contributed by atoms with Crippen LogP contribution < -0.4 is 0 Å². The molecule has 96 valence electrons. The van der Waals surface area contributed by atoms with Crippen LogP contribution in [0.5, 0.6) is 0 Å². The zero-order chi connectivity index (χ0) is 12.2. The lowest BCUT2D eigenvalue weighted by atomic mass is 10.3. The van der Waals surface area contributed by atoms with Gasteiger partial charge in [0.15, 0.2) is 0 Å². The van der Waals surface area contributed by atoms with Crippen LogP contribution in [-0.2, 0) is 14.3 Å². The van der Waals surface area contributed by atoms with E-state index in [4.69, 9.17) is 14.6 Å². The van der Waals surface area contributed by atoms with E-state index in [-0.39, 0.29) is 12.5 Å². The maximum atomic E-state index is 11.7. The van der Waals surface area contributed by atoms with Gasteiger partial charge in [-0.15, -0.1) is 0 Å². The normalized spacial score (nSPS) is 10.4. The van der Waals surface area contributed by atoms with Crippen molar-refractivity contribution in [3.63, 3.8) is 0 Å². The van der Waals surface area contributed by atoms with Gasteiger partial charge in [-0.25, -0.2) is 0 Å². The Labute approximate surface area is 97.3 Å². The Morgan fingerprint density at radius 3 is 2.56 bits per heavy atom. The molecule has 0 unspecified atom stereocenters. The predicted octanol–water partition coefficient (Wildman–Crippen LogP) is 0.270. The third kappa shape index (κ3) is 7.62. The third-order valence-corrected chi connectivity index (χ3v) is 2.10. The number of carbonyl (C=O) groups excluding carboxylic acids is 1. The van der Waals surface area contributed by atoms with Crippen LogP contribution in [0.1, 0.15) is 19.8 Å². The summed E-state index contributed by atoms with van der Waals surface area (Å²) in [5.74, 6) is 0.00204. The molecule has 5 nitrogen and oxygen atoms in total. The molecule has 1 N–H and O–H groups in total. The van der Waals surface area contributed by atoms with E-state index >= 15 is 0 Å². The minimum Gasteiger partial charge on any atom is -0.395 e. The molecular formula is C11H23NO4. The van der Waals surface area contributed by atoms with E-state index in [1.54, 1.807) is 12.0 Å². The number of nitrogens with zero attached hydrogens (tertiary/aromatic N) is 1. The summed E-state index contributed by atoms with van der Waals surface area (Å²) in [4.78, 5) is 13.3. The summed E-state index contributed by atoms with van der Waals surface area (Å²) >= 11 is 0. The summed E-state index contributed by atoms with van der Waals surface area (Å²) in [6.07, 6.45) is 1.32. The average molecular weight is 233 g/mol. The summed E-state index contributed by atoms with van der Waals surface area (Å²) in [6, 6.07) is 0. The van der Waals surface area contributed by atoms with E-state index in [1.807, 2.05) is 6.92 Å². The first-order valence-corrected chi connectivity index (χ1v) is 5.71. The monoisotopic (exact) mass is 233 g/mol. The van der Waals surface area contributed by atoms with E-state index in [0.717, 1.165) is 6.42 Å². The fourth-order valence-corrected chi connectivity index (χ4v) is 1.25. The molecule has 1 amide bonds. The van der Waals surface area contributed by atoms with Crippen molar-refractivity contribution in [2.75, 3.05) is 46.6 Å². The number of amides is 1. The number of rotatable bonds is 10. The SMILES string of the molecule is CCCOCCC(=O)N(CCO)CCOC. The summed E-state index contributed by atoms with van der Waals surface area (Å²) in [5.41, 5.74) is 0. The molecule has 0 aliphatic heterocycles. The van der Waals surface area contributed by atoms with Crippen LogP contribution in [0.2, 0.25) is 0 Å². The lowest BCUT2D eigenvalue weighted by molar-refractivity contribution is -0.133. The lowest BCUT2D eigenvalue weighted by Gasteiger charge is -2.21. The van der Waals surface area contributed by atoms with E-state index < -0.39 is 0 Å². The van der Waals surface area contributed by atoms with Crippen molar-refractivity contribution in [2.24, 2.45) is 0 Å². The second kappa shape index (κ2) is 10.9. The van der Waals surface area contributed by atoms with Gasteiger partial charge in [0.2, 0.25) is 5.91 Å². The first-order valence-electron chi connectivity index (χ1n) is 5.71. The largest absolute Gasteiger partial charge is 0.395 e. The zero-order valence-corrected chi connectivity index (χ0v) is 10.3. The number of aliphatic hydroxyl groups excluding tert-OH is 1. The molecule has 0 saturated carbocycles. The van der Waals surface area contributed by atoms with Crippen LogP contribution in [0.3, 0.4) is 0 Å². The van der Waals surface area contributed by atoms with Gasteiger partial charge in [0.25, 0.3) is 0 Å². The molecule has 0 spiro atoms. The molecule has 0 fully saturated rings. The minimum absolute atomic E-state index is 0.00204. The molecule has 0 aliphatic rings. The Hall–Kier alpha value is -0.650. The van der Waals surface area contributed by atoms with Gasteiger partial charge < -0.3 is 19.5 Å². The topological polar surface area (TPSA) is 59.0 Å². The molecule has 0 aromatic rings. The molecule has 0 aromatic heterocycles. The van der Waals surface area contributed by atoms with Gasteiger partial charge in [-0.1, -0.05) is 6.92 Å². The molecule has 0 heterocycles. The van der Waals surface area contributed by atoms with Crippen LogP contribution in [0.4, 0.5) is 0 Å². The minimum atomic E-state index is -0.0225. The van der Waals surface area contributed by atoms with Gasteiger partial charge in [0.1, 0.15) is 0 Å². The van der Waals surface area contributed by atoms with Gasteiger partial charge >= 0.3 is 0 Å². The van der Waals surface area contributed by atoms with E-state index in [1.165, 1.54) is 0 Å². The second-order valence-electron chi connectivity index (χ2n) is 3.46. The molecule has 0 atom stereocenters. The summed E-state index contributed by atoms with van der Waals surface area (Å²) in [6.45, 7) is 4.50. The summed E-state index contributed by atoms with van der Waals surface area (Å²) in [7, 11) is 1.59. The molecule has 0 bridgehead atoms. The first-order chi connectivity index (χ1) is 7.76. The van der Waals surface area contributed by atoms with Crippen molar-refractivity contribution in [1.82, 2.24) is 4.90 Å². The van der Waals surface area contributed by atoms with Gasteiger partial charge in [-0.05, 0) is 6.42 Å². The number of methoxy groups -OCH3 is 1. The van der Waals surface area contributed by atoms with E-state index in [9.17, 15) is 4.79 Å². The molecular weight excluding hydrogens is 210 g/mol. The van der Waals surface area contributed by atoms with Crippen LogP contribution in [0, 0.1) is 0 Å². The summed E-state index contributed by atoms with van der Waals surface area (Å²) in [5, 5.41) is 8.83. The molecule has 5 heteroatoms. The Kier molecular flexibility index (Phi) is 10.4. The summed E-state index contributed by atoms with van der Waals surface area (Å²) < 4.78 is 10.2. The number of aliphatic hydroxyl groups is 1. The van der Waals surface area contributed by atoms with Gasteiger partial charge in [0.05, 0.1) is 26.2 Å². The highest BCUT2D eigenvalue weighted by molar-refractivity contribution is 5.76. The van der Waals surface area contributed by atoms with Crippen LogP contribution >= 0.6 is 0 Å². The van der Waals surface area contributed by atoms with E-state index in [2.05, 4.69) is 0 Å². The van der Waals surface area contributed by atoms with Crippen LogP contribution in [-0.4, -0.2) is 62.5 Å². The van der Waals surface area contributed by atoms with Crippen LogP contribution in [0.15, 0.2) is 0 Å². The van der Waals surface area contributed by atoms with Crippen molar-refractivity contribution < 1.29 is 19.4 Å². The van der Waals surface area contributed by atoms with Crippen molar-refractivity contribution in [1.29, 1.82) is 0 Å². The van der Waals surface area contributed by atoms with Crippen LogP contribution in [0.25, 0.3) is 0 Å². The average Bonchev–Trinajstić information content (AvgIpc) is 2.29. The van der Waals surface area contributed by atoms with Gasteiger partial charge in [0, 0.05) is 26.8 Å². The zero-order valence-electron chi connectivity index (χ0n) is 10.3. The quantitative estimate of drug-likeness (QED) is 0.550. The highest BCUT2D eigenvalue weighted by Gasteiger charge is 2.11. The smallest absolute Gasteiger partial charge is 0.225 e. The highest BCUT2D eigenvalue weighted by Crippen LogP contribution is 1.96. The fraction of sp³-hybridized carbons (Fsp3) is 0.909. The maximum absolute atomic E-state index is 11.7. The maximum Gasteiger partial charge on any atom is 0.225 e. The first kappa shape index (κ1) is 15.3.